The lowest BCUT2D eigenvalue weighted by atomic mass is 9.84. The van der Waals surface area contributed by atoms with E-state index in [-0.39, 0.29) is 43.1 Å². The third kappa shape index (κ3) is 6.41. The number of para-hydroxylation sites is 1. The molecule has 2 aromatic carbocycles. The molecule has 5 rings (SSSR count). The minimum absolute atomic E-state index is 0.0361. The van der Waals surface area contributed by atoms with Crippen LogP contribution in [0.3, 0.4) is 0 Å². The lowest BCUT2D eigenvalue weighted by Gasteiger charge is -2.37. The van der Waals surface area contributed by atoms with E-state index < -0.39 is 6.10 Å². The Hall–Kier alpha value is -3.14. The summed E-state index contributed by atoms with van der Waals surface area (Å²) in [5.41, 5.74) is 2.31. The number of nitrogens with one attached hydrogen (secondary N) is 3. The van der Waals surface area contributed by atoms with Gasteiger partial charge in [-0.05, 0) is 62.7 Å². The van der Waals surface area contributed by atoms with Crippen molar-refractivity contribution < 1.29 is 24.2 Å². The largest absolute Gasteiger partial charge is 0.487 e. The number of rotatable bonds is 8. The fourth-order valence-corrected chi connectivity index (χ4v) is 5.60. The number of anilines is 2. The topological polar surface area (TPSA) is 112 Å². The molecule has 37 heavy (non-hydrogen) atoms. The normalized spacial score (nSPS) is 24.9. The van der Waals surface area contributed by atoms with E-state index >= 15 is 0 Å². The number of hydrogen-bond acceptors (Lipinski definition) is 6. The number of fused-ring (bicyclic) bond motifs is 3. The smallest absolute Gasteiger partial charge is 0.323 e. The second kappa shape index (κ2) is 11.9. The van der Waals surface area contributed by atoms with Gasteiger partial charge in [-0.3, -0.25) is 4.79 Å². The average molecular weight is 509 g/mol. The predicted octanol–water partition coefficient (Wildman–Crippen LogP) is 3.32. The van der Waals surface area contributed by atoms with Crippen molar-refractivity contribution in [1.82, 2.24) is 10.2 Å². The van der Waals surface area contributed by atoms with Crippen LogP contribution in [-0.2, 0) is 9.53 Å². The van der Waals surface area contributed by atoms with Crippen LogP contribution in [0.4, 0.5) is 16.2 Å². The highest BCUT2D eigenvalue weighted by Crippen LogP contribution is 2.47. The molecule has 0 spiro atoms. The molecule has 0 bridgehead atoms. The molecule has 3 heterocycles. The quantitative estimate of drug-likeness (QED) is 0.435. The Bertz CT molecular complexity index is 1080. The van der Waals surface area contributed by atoms with E-state index in [1.165, 1.54) is 19.3 Å². The van der Waals surface area contributed by atoms with Crippen molar-refractivity contribution in [2.75, 3.05) is 43.4 Å². The first-order valence-corrected chi connectivity index (χ1v) is 13.3. The first-order valence-electron chi connectivity index (χ1n) is 13.3. The summed E-state index contributed by atoms with van der Waals surface area (Å²) < 4.78 is 12.2. The van der Waals surface area contributed by atoms with Crippen molar-refractivity contribution in [3.63, 3.8) is 0 Å². The van der Waals surface area contributed by atoms with Gasteiger partial charge in [0.25, 0.3) is 0 Å². The van der Waals surface area contributed by atoms with Gasteiger partial charge in [0.1, 0.15) is 18.0 Å². The molecule has 3 aliphatic rings. The van der Waals surface area contributed by atoms with Gasteiger partial charge in [-0.1, -0.05) is 24.6 Å². The van der Waals surface area contributed by atoms with Gasteiger partial charge in [-0.15, -0.1) is 0 Å². The Morgan fingerprint density at radius 3 is 2.57 bits per heavy atom. The van der Waals surface area contributed by atoms with Crippen molar-refractivity contribution in [1.29, 1.82) is 0 Å². The maximum Gasteiger partial charge on any atom is 0.323 e. The number of urea groups is 1. The molecular formula is C28H36N4O5. The Balaban J connectivity index is 1.18. The Morgan fingerprint density at radius 2 is 1.78 bits per heavy atom. The minimum Gasteiger partial charge on any atom is -0.487 e. The highest BCUT2D eigenvalue weighted by atomic mass is 16.6. The van der Waals surface area contributed by atoms with Gasteiger partial charge in [0.15, 0.2) is 0 Å². The van der Waals surface area contributed by atoms with Crippen LogP contribution in [0.25, 0.3) is 0 Å². The summed E-state index contributed by atoms with van der Waals surface area (Å²) in [5, 5.41) is 18.7. The molecule has 2 fully saturated rings. The van der Waals surface area contributed by atoms with Crippen molar-refractivity contribution in [2.24, 2.45) is 0 Å². The summed E-state index contributed by atoms with van der Waals surface area (Å²) in [6, 6.07) is 14.5. The zero-order chi connectivity index (χ0) is 25.6. The average Bonchev–Trinajstić information content (AvgIpc) is 3.27. The van der Waals surface area contributed by atoms with Crippen LogP contribution >= 0.6 is 0 Å². The zero-order valence-electron chi connectivity index (χ0n) is 21.0. The molecule has 2 aromatic rings. The number of likely N-dealkylation sites (tertiary alicyclic amines) is 1. The first kappa shape index (κ1) is 25.5. The van der Waals surface area contributed by atoms with Crippen molar-refractivity contribution in [2.45, 2.75) is 56.3 Å². The fraction of sp³-hybridized carbons (Fsp3) is 0.500. The predicted molar refractivity (Wildman–Crippen MR) is 141 cm³/mol. The Kier molecular flexibility index (Phi) is 8.23. The minimum atomic E-state index is -0.518. The standard InChI is InChI=1S/C28H36N4O5/c33-18-25-27-23(16-21(36-25)17-26(34)29-11-14-32-12-5-2-6-13-32)22-15-20(9-10-24(22)37-27)31-28(35)30-19-7-3-1-4-8-19/h1,3-4,7-10,15,21,23,25,27,33H,2,5-6,11-14,16-18H2,(H,29,34)(H2,30,31,35)/t21-,23-,25-,27+/m1/s1. The molecule has 0 aliphatic carbocycles. The Morgan fingerprint density at radius 1 is 1.00 bits per heavy atom. The van der Waals surface area contributed by atoms with Gasteiger partial charge in [-0.2, -0.15) is 0 Å². The molecule has 3 amide bonds. The fourth-order valence-electron chi connectivity index (χ4n) is 5.60. The molecule has 3 aliphatic heterocycles. The summed E-state index contributed by atoms with van der Waals surface area (Å²) in [6.45, 7) is 3.52. The second-order valence-corrected chi connectivity index (χ2v) is 10.1. The number of amides is 3. The summed E-state index contributed by atoms with van der Waals surface area (Å²) >= 11 is 0. The molecule has 0 radical (unpaired) electrons. The van der Waals surface area contributed by atoms with E-state index in [1.54, 1.807) is 6.07 Å². The highest BCUT2D eigenvalue weighted by molar-refractivity contribution is 5.99. The highest BCUT2D eigenvalue weighted by Gasteiger charge is 2.46. The van der Waals surface area contributed by atoms with Crippen LogP contribution < -0.4 is 20.7 Å². The number of aliphatic hydroxyl groups is 1. The van der Waals surface area contributed by atoms with Crippen LogP contribution in [0, 0.1) is 0 Å². The second-order valence-electron chi connectivity index (χ2n) is 10.1. The van der Waals surface area contributed by atoms with Gasteiger partial charge in [0.2, 0.25) is 5.91 Å². The van der Waals surface area contributed by atoms with E-state index in [9.17, 15) is 14.7 Å². The monoisotopic (exact) mass is 508 g/mol. The van der Waals surface area contributed by atoms with Crippen LogP contribution in [0.2, 0.25) is 0 Å². The summed E-state index contributed by atoms with van der Waals surface area (Å²) in [6.07, 6.45) is 3.44. The van der Waals surface area contributed by atoms with Crippen molar-refractivity contribution >= 4 is 23.3 Å². The number of ether oxygens (including phenoxy) is 2. The van der Waals surface area contributed by atoms with Gasteiger partial charge in [-0.25, -0.2) is 4.79 Å². The molecule has 0 saturated carbocycles. The number of carbonyl (C=O) groups excluding carboxylic acids is 2. The van der Waals surface area contributed by atoms with Crippen LogP contribution in [0.5, 0.6) is 5.75 Å². The van der Waals surface area contributed by atoms with Crippen molar-refractivity contribution in [3.05, 3.63) is 54.1 Å². The Labute approximate surface area is 217 Å². The molecule has 4 atom stereocenters. The number of piperidine rings is 1. The lowest BCUT2D eigenvalue weighted by molar-refractivity contribution is -0.142. The molecular weight excluding hydrogens is 472 g/mol. The van der Waals surface area contributed by atoms with E-state index in [4.69, 9.17) is 9.47 Å². The molecule has 198 valence electrons. The number of hydrogen-bond donors (Lipinski definition) is 4. The number of nitrogens with zero attached hydrogens (tertiary/aromatic N) is 1. The molecule has 9 heteroatoms. The van der Waals surface area contributed by atoms with Gasteiger partial charge in [0.05, 0.1) is 19.1 Å². The molecule has 0 unspecified atom stereocenters. The van der Waals surface area contributed by atoms with Crippen LogP contribution in [0.1, 0.15) is 43.6 Å². The third-order valence-corrected chi connectivity index (χ3v) is 7.40. The SMILES string of the molecule is O=C(C[C@H]1C[C@@H]2c3cc(NC(=O)Nc4ccccc4)ccc3O[C@@H]2[C@@H](CO)O1)NCCN1CCCCC1. The summed E-state index contributed by atoms with van der Waals surface area (Å²) in [7, 11) is 0. The van der Waals surface area contributed by atoms with Gasteiger partial charge in [0, 0.05) is 35.9 Å². The summed E-state index contributed by atoms with van der Waals surface area (Å²) in [5.74, 6) is 0.646. The molecule has 9 nitrogen and oxygen atoms in total. The van der Waals surface area contributed by atoms with Gasteiger partial charge < -0.3 is 35.4 Å². The third-order valence-electron chi connectivity index (χ3n) is 7.40. The van der Waals surface area contributed by atoms with Crippen LogP contribution in [-0.4, -0.2) is 73.0 Å². The van der Waals surface area contributed by atoms with Crippen LogP contribution in [0.15, 0.2) is 48.5 Å². The summed E-state index contributed by atoms with van der Waals surface area (Å²) in [4.78, 5) is 27.5. The zero-order valence-corrected chi connectivity index (χ0v) is 21.0. The van der Waals surface area contributed by atoms with E-state index in [2.05, 4.69) is 20.9 Å². The van der Waals surface area contributed by atoms with Gasteiger partial charge >= 0.3 is 6.03 Å². The lowest BCUT2D eigenvalue weighted by Crippen LogP contribution is -2.47. The maximum atomic E-state index is 12.7. The maximum absolute atomic E-state index is 12.7. The number of carbonyl (C=O) groups is 2. The number of benzene rings is 2. The molecule has 4 N–H and O–H groups in total. The van der Waals surface area contributed by atoms with E-state index in [0.717, 1.165) is 30.9 Å². The first-order chi connectivity index (χ1) is 18.1. The molecule has 0 aromatic heterocycles. The number of aliphatic hydroxyl groups excluding tert-OH is 1. The van der Waals surface area contributed by atoms with Crippen molar-refractivity contribution in [3.8, 4) is 5.75 Å². The molecule has 2 saturated heterocycles. The van der Waals surface area contributed by atoms with E-state index in [1.807, 2.05) is 42.5 Å². The van der Waals surface area contributed by atoms with E-state index in [0.29, 0.717) is 24.3 Å².